The van der Waals surface area contributed by atoms with E-state index in [0.29, 0.717) is 11.7 Å². The number of hydrogen-bond acceptors (Lipinski definition) is 6. The van der Waals surface area contributed by atoms with E-state index in [1.165, 1.54) is 38.6 Å². The fourth-order valence-corrected chi connectivity index (χ4v) is 4.76. The van der Waals surface area contributed by atoms with Crippen LogP contribution in [0.3, 0.4) is 0 Å². The Morgan fingerprint density at radius 1 is 1.03 bits per heavy atom. The highest BCUT2D eigenvalue weighted by Crippen LogP contribution is 2.42. The lowest BCUT2D eigenvalue weighted by Crippen LogP contribution is -2.73. The molecule has 1 atom stereocenters. The van der Waals surface area contributed by atoms with Crippen molar-refractivity contribution in [1.82, 2.24) is 19.8 Å². The van der Waals surface area contributed by atoms with Crippen molar-refractivity contribution < 1.29 is 32.6 Å². The van der Waals surface area contributed by atoms with Crippen LogP contribution < -0.4 is 0 Å². The van der Waals surface area contributed by atoms with Gasteiger partial charge in [-0.3, -0.25) is 9.69 Å². The first-order valence-electron chi connectivity index (χ1n) is 11.9. The predicted molar refractivity (Wildman–Crippen MR) is 115 cm³/mol. The Hall–Kier alpha value is -2.27. The van der Waals surface area contributed by atoms with Crippen LogP contribution in [-0.2, 0) is 9.53 Å². The standard InChI is InChI=1S/C21H30N4O2.C2HF3O2/c26-20(19-22-7-1-8-23-19)24-14-21(15-24)10-18(13-27-12-17-4-5-17)6-9-25(21)11-16-2-3-16;3-2(4,5)1(6)7/h1,7-8,16-18H,2-6,9-15H2;(H,6,7). The Balaban J connectivity index is 0.000000344. The van der Waals surface area contributed by atoms with Gasteiger partial charge < -0.3 is 14.7 Å². The van der Waals surface area contributed by atoms with Crippen molar-refractivity contribution in [2.75, 3.05) is 39.4 Å². The Bertz CT molecular complexity index is 856. The summed E-state index contributed by atoms with van der Waals surface area (Å²) in [5, 5.41) is 7.12. The fourth-order valence-electron chi connectivity index (χ4n) is 4.76. The van der Waals surface area contributed by atoms with E-state index in [2.05, 4.69) is 14.9 Å². The molecule has 1 spiro atoms. The Morgan fingerprint density at radius 3 is 2.18 bits per heavy atom. The van der Waals surface area contributed by atoms with Crippen LogP contribution in [0, 0.1) is 17.8 Å². The number of nitrogens with zero attached hydrogens (tertiary/aromatic N) is 4. The van der Waals surface area contributed by atoms with E-state index in [1.807, 2.05) is 4.90 Å². The number of ether oxygens (including phenoxy) is 1. The minimum atomic E-state index is -5.08. The molecule has 0 radical (unpaired) electrons. The number of halogens is 3. The zero-order valence-electron chi connectivity index (χ0n) is 19.0. The third-order valence-electron chi connectivity index (χ3n) is 6.98. The maximum atomic E-state index is 12.7. The predicted octanol–water partition coefficient (Wildman–Crippen LogP) is 2.85. The highest BCUT2D eigenvalue weighted by Gasteiger charge is 2.53. The normalized spacial score (nSPS) is 24.2. The SMILES string of the molecule is O=C(O)C(F)(F)F.O=C(c1ncccn1)N1CC2(CC(COCC3CC3)CCN2CC2CC2)C1. The van der Waals surface area contributed by atoms with Gasteiger partial charge in [-0.1, -0.05) is 0 Å². The van der Waals surface area contributed by atoms with Crippen molar-refractivity contribution >= 4 is 11.9 Å². The molecule has 1 aromatic heterocycles. The summed E-state index contributed by atoms with van der Waals surface area (Å²) in [6.45, 7) is 5.83. The summed E-state index contributed by atoms with van der Waals surface area (Å²) >= 11 is 0. The number of rotatable bonds is 7. The number of carboxylic acid groups (broad SMARTS) is 1. The zero-order chi connectivity index (χ0) is 24.3. The van der Waals surface area contributed by atoms with E-state index in [4.69, 9.17) is 14.6 Å². The second-order valence-electron chi connectivity index (χ2n) is 9.99. The van der Waals surface area contributed by atoms with Gasteiger partial charge in [-0.05, 0) is 68.9 Å². The van der Waals surface area contributed by atoms with Crippen molar-refractivity contribution in [1.29, 1.82) is 0 Å². The van der Waals surface area contributed by atoms with Crippen molar-refractivity contribution in [3.8, 4) is 0 Å². The van der Waals surface area contributed by atoms with E-state index in [9.17, 15) is 18.0 Å². The van der Waals surface area contributed by atoms with Gasteiger partial charge in [0.2, 0.25) is 5.82 Å². The molecule has 34 heavy (non-hydrogen) atoms. The molecular weight excluding hydrogens is 453 g/mol. The molecule has 4 fully saturated rings. The van der Waals surface area contributed by atoms with Gasteiger partial charge in [0.1, 0.15) is 0 Å². The van der Waals surface area contributed by atoms with Crippen LogP contribution in [-0.4, -0.2) is 87.9 Å². The van der Waals surface area contributed by atoms with Gasteiger partial charge in [0.05, 0.1) is 5.54 Å². The molecule has 1 N–H and O–H groups in total. The molecule has 3 heterocycles. The minimum Gasteiger partial charge on any atom is -0.475 e. The van der Waals surface area contributed by atoms with Crippen molar-refractivity contribution in [3.05, 3.63) is 24.3 Å². The highest BCUT2D eigenvalue weighted by atomic mass is 19.4. The molecule has 2 aliphatic carbocycles. The molecule has 2 saturated carbocycles. The molecule has 1 aromatic rings. The third-order valence-corrected chi connectivity index (χ3v) is 6.98. The van der Waals surface area contributed by atoms with E-state index in [0.717, 1.165) is 51.1 Å². The number of carbonyl (C=O) groups is 2. The summed E-state index contributed by atoms with van der Waals surface area (Å²) in [5.41, 5.74) is 0.152. The number of likely N-dealkylation sites (tertiary alicyclic amines) is 2. The van der Waals surface area contributed by atoms with Gasteiger partial charge in [-0.25, -0.2) is 14.8 Å². The summed E-state index contributed by atoms with van der Waals surface area (Å²) in [4.78, 5) is 34.5. The van der Waals surface area contributed by atoms with Crippen LogP contribution in [0.4, 0.5) is 13.2 Å². The molecule has 1 unspecified atom stereocenters. The molecule has 188 valence electrons. The van der Waals surface area contributed by atoms with Gasteiger partial charge in [-0.15, -0.1) is 0 Å². The van der Waals surface area contributed by atoms with Gasteiger partial charge in [-0.2, -0.15) is 13.2 Å². The smallest absolute Gasteiger partial charge is 0.475 e. The quantitative estimate of drug-likeness (QED) is 0.636. The molecular formula is C23H31F3N4O4. The van der Waals surface area contributed by atoms with Crippen molar-refractivity contribution in [2.45, 2.75) is 50.2 Å². The lowest BCUT2D eigenvalue weighted by Gasteiger charge is -2.59. The summed E-state index contributed by atoms with van der Waals surface area (Å²) in [6.07, 6.45) is 6.04. The summed E-state index contributed by atoms with van der Waals surface area (Å²) in [7, 11) is 0. The third kappa shape index (κ3) is 6.44. The van der Waals surface area contributed by atoms with Gasteiger partial charge >= 0.3 is 12.1 Å². The monoisotopic (exact) mass is 484 g/mol. The van der Waals surface area contributed by atoms with Crippen LogP contribution in [0.25, 0.3) is 0 Å². The molecule has 2 saturated heterocycles. The van der Waals surface area contributed by atoms with Crippen molar-refractivity contribution in [2.24, 2.45) is 17.8 Å². The number of alkyl halides is 3. The van der Waals surface area contributed by atoms with Crippen molar-refractivity contribution in [3.63, 3.8) is 0 Å². The Morgan fingerprint density at radius 2 is 1.62 bits per heavy atom. The first-order chi connectivity index (χ1) is 16.2. The number of carbonyl (C=O) groups excluding carboxylic acids is 1. The second kappa shape index (κ2) is 10.2. The average molecular weight is 485 g/mol. The molecule has 8 nitrogen and oxygen atoms in total. The summed E-state index contributed by atoms with van der Waals surface area (Å²) in [5.74, 6) is -0.124. The number of carboxylic acids is 1. The van der Waals surface area contributed by atoms with E-state index >= 15 is 0 Å². The van der Waals surface area contributed by atoms with Crippen LogP contribution in [0.2, 0.25) is 0 Å². The van der Waals surface area contributed by atoms with Gasteiger partial charge in [0, 0.05) is 45.2 Å². The van der Waals surface area contributed by atoms with E-state index in [1.54, 1.807) is 18.5 Å². The minimum absolute atomic E-state index is 0.0281. The van der Waals surface area contributed by atoms with E-state index in [-0.39, 0.29) is 11.4 Å². The maximum Gasteiger partial charge on any atom is 0.490 e. The number of aliphatic carboxylic acids is 1. The maximum absolute atomic E-state index is 12.7. The molecule has 11 heteroatoms. The first-order valence-corrected chi connectivity index (χ1v) is 11.9. The lowest BCUT2D eigenvalue weighted by atomic mass is 9.74. The molecule has 0 aromatic carbocycles. The first kappa shape index (κ1) is 24.8. The highest BCUT2D eigenvalue weighted by molar-refractivity contribution is 5.91. The second-order valence-corrected chi connectivity index (χ2v) is 9.99. The number of piperidine rings is 1. The Labute approximate surface area is 196 Å². The van der Waals surface area contributed by atoms with E-state index < -0.39 is 12.1 Å². The fraction of sp³-hybridized carbons (Fsp3) is 0.739. The Kier molecular flexibility index (Phi) is 7.42. The molecule has 5 rings (SSSR count). The summed E-state index contributed by atoms with van der Waals surface area (Å²) < 4.78 is 37.7. The van der Waals surface area contributed by atoms with Crippen LogP contribution in [0.15, 0.2) is 18.5 Å². The van der Waals surface area contributed by atoms with Crippen LogP contribution in [0.5, 0.6) is 0 Å². The number of aromatic nitrogens is 2. The topological polar surface area (TPSA) is 95.9 Å². The van der Waals surface area contributed by atoms with Gasteiger partial charge in [0.25, 0.3) is 5.91 Å². The largest absolute Gasteiger partial charge is 0.490 e. The molecule has 1 amide bonds. The molecule has 0 bridgehead atoms. The number of amides is 1. The molecule has 2 aliphatic heterocycles. The van der Waals surface area contributed by atoms with Gasteiger partial charge in [0.15, 0.2) is 0 Å². The molecule has 4 aliphatic rings. The average Bonchev–Trinajstić information content (AvgIpc) is 3.69. The zero-order valence-corrected chi connectivity index (χ0v) is 19.0. The van der Waals surface area contributed by atoms with Crippen LogP contribution >= 0.6 is 0 Å². The number of hydrogen-bond donors (Lipinski definition) is 1. The van der Waals surface area contributed by atoms with Crippen LogP contribution in [0.1, 0.15) is 49.1 Å². The summed E-state index contributed by atoms with van der Waals surface area (Å²) in [6, 6.07) is 1.75. The lowest BCUT2D eigenvalue weighted by molar-refractivity contribution is -0.192.